The van der Waals surface area contributed by atoms with Crippen LogP contribution < -0.4 is 5.32 Å². The van der Waals surface area contributed by atoms with E-state index in [9.17, 15) is 4.79 Å². The topological polar surface area (TPSA) is 56.8 Å². The molecule has 2 fully saturated rings. The average molecular weight is 229 g/mol. The number of alkyl carbamates (subject to hydrolysis) is 1. The van der Waals surface area contributed by atoms with E-state index in [1.807, 2.05) is 13.8 Å². The van der Waals surface area contributed by atoms with Crippen LogP contribution in [-0.2, 0) is 14.2 Å². The molecule has 0 aromatic rings. The SMILES string of the molecule is CCC[C@H]1OC(C)(C)O[C@@H]1[C@@H]1COC(=O)N1. The van der Waals surface area contributed by atoms with Crippen molar-refractivity contribution in [2.45, 2.75) is 57.6 Å². The molecule has 1 N–H and O–H groups in total. The lowest BCUT2D eigenvalue weighted by Crippen LogP contribution is -2.43. The van der Waals surface area contributed by atoms with E-state index in [0.717, 1.165) is 12.8 Å². The van der Waals surface area contributed by atoms with Crippen LogP contribution in [-0.4, -0.2) is 36.7 Å². The minimum atomic E-state index is -0.572. The standard InChI is InChI=1S/C11H19NO4/c1-4-5-8-9(16-11(2,3)15-8)7-6-14-10(13)12-7/h7-9H,4-6H2,1-3H3,(H,12,13)/t7-,8+,9+/m0/s1. The molecule has 0 saturated carbocycles. The minimum Gasteiger partial charge on any atom is -0.447 e. The van der Waals surface area contributed by atoms with E-state index in [2.05, 4.69) is 12.2 Å². The predicted octanol–water partition coefficient (Wildman–Crippen LogP) is 1.41. The lowest BCUT2D eigenvalue weighted by atomic mass is 10.0. The number of hydrogen-bond acceptors (Lipinski definition) is 4. The molecule has 0 aromatic heterocycles. The zero-order chi connectivity index (χ0) is 11.8. The van der Waals surface area contributed by atoms with Gasteiger partial charge in [-0.3, -0.25) is 0 Å². The summed E-state index contributed by atoms with van der Waals surface area (Å²) in [7, 11) is 0. The maximum atomic E-state index is 11.0. The largest absolute Gasteiger partial charge is 0.447 e. The molecule has 1 amide bonds. The van der Waals surface area contributed by atoms with Gasteiger partial charge in [0.1, 0.15) is 12.7 Å². The molecule has 0 radical (unpaired) electrons. The Morgan fingerprint density at radius 2 is 2.19 bits per heavy atom. The van der Waals surface area contributed by atoms with Gasteiger partial charge in [-0.15, -0.1) is 0 Å². The van der Waals surface area contributed by atoms with Crippen molar-refractivity contribution in [2.75, 3.05) is 6.61 Å². The fraction of sp³-hybridized carbons (Fsp3) is 0.909. The Bertz CT molecular complexity index is 279. The van der Waals surface area contributed by atoms with E-state index in [-0.39, 0.29) is 24.3 Å². The van der Waals surface area contributed by atoms with Crippen LogP contribution in [0.5, 0.6) is 0 Å². The predicted molar refractivity (Wildman–Crippen MR) is 57.0 cm³/mol. The van der Waals surface area contributed by atoms with Crippen molar-refractivity contribution < 1.29 is 19.0 Å². The Hall–Kier alpha value is -0.810. The zero-order valence-corrected chi connectivity index (χ0v) is 9.99. The molecule has 2 heterocycles. The number of ether oxygens (including phenoxy) is 3. The lowest BCUT2D eigenvalue weighted by Gasteiger charge is -2.20. The van der Waals surface area contributed by atoms with Gasteiger partial charge < -0.3 is 19.5 Å². The maximum absolute atomic E-state index is 11.0. The second kappa shape index (κ2) is 4.22. The van der Waals surface area contributed by atoms with Gasteiger partial charge in [-0.25, -0.2) is 4.79 Å². The molecule has 2 rings (SSSR count). The quantitative estimate of drug-likeness (QED) is 0.795. The molecule has 92 valence electrons. The molecule has 2 aliphatic heterocycles. The van der Waals surface area contributed by atoms with E-state index >= 15 is 0 Å². The monoisotopic (exact) mass is 229 g/mol. The summed E-state index contributed by atoms with van der Waals surface area (Å²) in [6.07, 6.45) is 1.52. The minimum absolute atomic E-state index is 0.0343. The van der Waals surface area contributed by atoms with E-state index in [0.29, 0.717) is 6.61 Å². The highest BCUT2D eigenvalue weighted by Crippen LogP contribution is 2.33. The van der Waals surface area contributed by atoms with Gasteiger partial charge in [0, 0.05) is 0 Å². The summed E-state index contributed by atoms with van der Waals surface area (Å²) in [6, 6.07) is -0.0918. The van der Waals surface area contributed by atoms with Crippen molar-refractivity contribution in [2.24, 2.45) is 0 Å². The molecule has 5 heteroatoms. The summed E-state index contributed by atoms with van der Waals surface area (Å²) >= 11 is 0. The van der Waals surface area contributed by atoms with Crippen LogP contribution in [0.25, 0.3) is 0 Å². The first-order chi connectivity index (χ1) is 7.52. The molecule has 0 spiro atoms. The molecule has 5 nitrogen and oxygen atoms in total. The van der Waals surface area contributed by atoms with E-state index in [4.69, 9.17) is 14.2 Å². The second-order valence-electron chi connectivity index (χ2n) is 4.78. The van der Waals surface area contributed by atoms with Gasteiger partial charge in [0.15, 0.2) is 5.79 Å². The number of cyclic esters (lactones) is 1. The van der Waals surface area contributed by atoms with Gasteiger partial charge in [0.05, 0.1) is 12.1 Å². The number of carbonyl (C=O) groups excluding carboxylic acids is 1. The van der Waals surface area contributed by atoms with Crippen LogP contribution in [0, 0.1) is 0 Å². The van der Waals surface area contributed by atoms with Gasteiger partial charge in [-0.1, -0.05) is 13.3 Å². The fourth-order valence-electron chi connectivity index (χ4n) is 2.29. The molecule has 0 unspecified atom stereocenters. The van der Waals surface area contributed by atoms with Crippen molar-refractivity contribution in [1.29, 1.82) is 0 Å². The summed E-state index contributed by atoms with van der Waals surface area (Å²) in [5, 5.41) is 2.76. The molecule has 0 aromatic carbocycles. The molecule has 3 atom stereocenters. The third kappa shape index (κ3) is 2.30. The van der Waals surface area contributed by atoms with Gasteiger partial charge in [0.25, 0.3) is 0 Å². The molecule has 2 aliphatic rings. The van der Waals surface area contributed by atoms with E-state index in [1.54, 1.807) is 0 Å². The lowest BCUT2D eigenvalue weighted by molar-refractivity contribution is -0.148. The summed E-state index contributed by atoms with van der Waals surface area (Å²) in [4.78, 5) is 11.0. The molecule has 16 heavy (non-hydrogen) atoms. The van der Waals surface area contributed by atoms with Crippen molar-refractivity contribution >= 4 is 6.09 Å². The van der Waals surface area contributed by atoms with Crippen molar-refractivity contribution in [3.63, 3.8) is 0 Å². The van der Waals surface area contributed by atoms with Crippen molar-refractivity contribution in [1.82, 2.24) is 5.32 Å². The highest BCUT2D eigenvalue weighted by Gasteiger charge is 2.46. The Balaban J connectivity index is 2.03. The van der Waals surface area contributed by atoms with E-state index in [1.165, 1.54) is 0 Å². The Labute approximate surface area is 95.4 Å². The van der Waals surface area contributed by atoms with Crippen LogP contribution in [0.2, 0.25) is 0 Å². The number of nitrogens with one attached hydrogen (secondary N) is 1. The first-order valence-corrected chi connectivity index (χ1v) is 5.81. The molecular formula is C11H19NO4. The maximum Gasteiger partial charge on any atom is 0.407 e. The molecule has 0 bridgehead atoms. The molecular weight excluding hydrogens is 210 g/mol. The van der Waals surface area contributed by atoms with Gasteiger partial charge in [-0.2, -0.15) is 0 Å². The van der Waals surface area contributed by atoms with Crippen molar-refractivity contribution in [3.8, 4) is 0 Å². The number of carbonyl (C=O) groups is 1. The number of hydrogen-bond donors (Lipinski definition) is 1. The van der Waals surface area contributed by atoms with Crippen LogP contribution in [0.4, 0.5) is 4.79 Å². The van der Waals surface area contributed by atoms with Gasteiger partial charge >= 0.3 is 6.09 Å². The zero-order valence-electron chi connectivity index (χ0n) is 9.99. The van der Waals surface area contributed by atoms with E-state index < -0.39 is 5.79 Å². The fourth-order valence-corrected chi connectivity index (χ4v) is 2.29. The normalized spacial score (nSPS) is 37.2. The Morgan fingerprint density at radius 1 is 1.44 bits per heavy atom. The smallest absolute Gasteiger partial charge is 0.407 e. The van der Waals surface area contributed by atoms with Crippen molar-refractivity contribution in [3.05, 3.63) is 0 Å². The van der Waals surface area contributed by atoms with Crippen LogP contribution >= 0.6 is 0 Å². The summed E-state index contributed by atoms with van der Waals surface area (Å²) < 4.78 is 16.5. The second-order valence-corrected chi connectivity index (χ2v) is 4.78. The Morgan fingerprint density at radius 3 is 2.75 bits per heavy atom. The number of amides is 1. The third-order valence-electron chi connectivity index (χ3n) is 2.89. The summed E-state index contributed by atoms with van der Waals surface area (Å²) in [5.74, 6) is -0.572. The number of rotatable bonds is 3. The summed E-state index contributed by atoms with van der Waals surface area (Å²) in [6.45, 7) is 6.26. The third-order valence-corrected chi connectivity index (χ3v) is 2.89. The first kappa shape index (κ1) is 11.7. The van der Waals surface area contributed by atoms with Gasteiger partial charge in [-0.05, 0) is 20.3 Å². The molecule has 2 saturated heterocycles. The highest BCUT2D eigenvalue weighted by molar-refractivity contribution is 5.69. The average Bonchev–Trinajstić information content (AvgIpc) is 2.71. The van der Waals surface area contributed by atoms with Gasteiger partial charge in [0.2, 0.25) is 0 Å². The van der Waals surface area contributed by atoms with Crippen LogP contribution in [0.15, 0.2) is 0 Å². The highest BCUT2D eigenvalue weighted by atomic mass is 16.8. The van der Waals surface area contributed by atoms with Crippen LogP contribution in [0.1, 0.15) is 33.6 Å². The first-order valence-electron chi connectivity index (χ1n) is 5.81. The Kier molecular flexibility index (Phi) is 3.08. The van der Waals surface area contributed by atoms with Crippen LogP contribution in [0.3, 0.4) is 0 Å². The molecule has 0 aliphatic carbocycles. The summed E-state index contributed by atoms with van der Waals surface area (Å²) in [5.41, 5.74) is 0.